The van der Waals surface area contributed by atoms with Crippen LogP contribution in [-0.4, -0.2) is 63.3 Å². The monoisotopic (exact) mass is 270 g/mol. The smallest absolute Gasteiger partial charge is 0.326 e. The number of carboxylic acids is 1. The Labute approximate surface area is 113 Å². The van der Waals surface area contributed by atoms with Gasteiger partial charge in [-0.2, -0.15) is 0 Å². The summed E-state index contributed by atoms with van der Waals surface area (Å²) in [4.78, 5) is 26.8. The fourth-order valence-corrected chi connectivity index (χ4v) is 3.10. The van der Waals surface area contributed by atoms with Crippen LogP contribution < -0.4 is 0 Å². The van der Waals surface area contributed by atoms with Crippen LogP contribution in [0, 0.1) is 0 Å². The zero-order chi connectivity index (χ0) is 14.0. The topological polar surface area (TPSA) is 81.1 Å². The molecule has 6 heteroatoms. The van der Waals surface area contributed by atoms with Crippen molar-refractivity contribution in [3.05, 3.63) is 0 Å². The van der Waals surface area contributed by atoms with Gasteiger partial charge in [0.2, 0.25) is 0 Å². The molecule has 2 heterocycles. The number of carbonyl (C=O) groups is 2. The van der Waals surface area contributed by atoms with Crippen LogP contribution in [0.5, 0.6) is 0 Å². The first-order valence-corrected chi connectivity index (χ1v) is 7.02. The molecule has 19 heavy (non-hydrogen) atoms. The Hall–Kier alpha value is -1.30. The molecule has 0 aromatic heterocycles. The number of aliphatic hydroxyl groups is 1. The van der Waals surface area contributed by atoms with E-state index >= 15 is 0 Å². The molecule has 6 nitrogen and oxygen atoms in total. The number of likely N-dealkylation sites (tertiary alicyclic amines) is 2. The Kier molecular flexibility index (Phi) is 4.29. The minimum Gasteiger partial charge on any atom is -0.480 e. The number of carboxylic acid groups (broad SMARTS) is 1. The fraction of sp³-hybridized carbons (Fsp3) is 0.846. The molecule has 2 aliphatic rings. The maximum absolute atomic E-state index is 12.5. The van der Waals surface area contributed by atoms with Gasteiger partial charge in [0.25, 0.3) is 0 Å². The number of hydrogen-bond acceptors (Lipinski definition) is 3. The van der Waals surface area contributed by atoms with Gasteiger partial charge in [0.1, 0.15) is 6.04 Å². The van der Waals surface area contributed by atoms with Gasteiger partial charge in [-0.05, 0) is 25.7 Å². The molecule has 3 unspecified atom stereocenters. The van der Waals surface area contributed by atoms with Crippen molar-refractivity contribution in [3.8, 4) is 0 Å². The molecule has 0 aliphatic carbocycles. The van der Waals surface area contributed by atoms with E-state index in [1.165, 1.54) is 4.90 Å². The van der Waals surface area contributed by atoms with E-state index in [0.717, 1.165) is 25.7 Å². The SMILES string of the molecule is CCC1CCCCN1C(=O)N1CC(O)CC1C(=O)O. The van der Waals surface area contributed by atoms with Gasteiger partial charge in [-0.15, -0.1) is 0 Å². The summed E-state index contributed by atoms with van der Waals surface area (Å²) >= 11 is 0. The lowest BCUT2D eigenvalue weighted by molar-refractivity contribution is -0.141. The van der Waals surface area contributed by atoms with E-state index in [0.29, 0.717) is 6.54 Å². The molecule has 0 saturated carbocycles. The van der Waals surface area contributed by atoms with Gasteiger partial charge in [0, 0.05) is 25.6 Å². The number of carbonyl (C=O) groups excluding carboxylic acids is 1. The van der Waals surface area contributed by atoms with Gasteiger partial charge < -0.3 is 20.0 Å². The summed E-state index contributed by atoms with van der Waals surface area (Å²) in [6, 6.07) is -0.911. The van der Waals surface area contributed by atoms with Crippen molar-refractivity contribution in [2.45, 2.75) is 57.2 Å². The van der Waals surface area contributed by atoms with E-state index in [1.807, 2.05) is 6.92 Å². The summed E-state index contributed by atoms with van der Waals surface area (Å²) in [7, 11) is 0. The Morgan fingerprint density at radius 1 is 1.26 bits per heavy atom. The summed E-state index contributed by atoms with van der Waals surface area (Å²) in [5.74, 6) is -1.03. The highest BCUT2D eigenvalue weighted by Gasteiger charge is 2.41. The minimum atomic E-state index is -1.03. The molecule has 2 fully saturated rings. The standard InChI is InChI=1S/C13H22N2O4/c1-2-9-5-3-4-6-14(9)13(19)15-8-10(16)7-11(15)12(17)18/h9-11,16H,2-8H2,1H3,(H,17,18). The van der Waals surface area contributed by atoms with Crippen LogP contribution in [0.4, 0.5) is 4.79 Å². The number of nitrogens with zero attached hydrogens (tertiary/aromatic N) is 2. The van der Waals surface area contributed by atoms with E-state index in [1.54, 1.807) is 4.90 Å². The van der Waals surface area contributed by atoms with Crippen molar-refractivity contribution in [3.63, 3.8) is 0 Å². The second kappa shape index (κ2) is 5.77. The molecule has 3 atom stereocenters. The molecular weight excluding hydrogens is 248 g/mol. The maximum Gasteiger partial charge on any atom is 0.326 e. The molecule has 0 bridgehead atoms. The number of rotatable bonds is 2. The van der Waals surface area contributed by atoms with Gasteiger partial charge >= 0.3 is 12.0 Å². The number of aliphatic carboxylic acids is 1. The first-order chi connectivity index (χ1) is 9.04. The summed E-state index contributed by atoms with van der Waals surface area (Å²) in [5.41, 5.74) is 0. The second-order valence-electron chi connectivity index (χ2n) is 5.43. The third-order valence-corrected chi connectivity index (χ3v) is 4.15. The average Bonchev–Trinajstić information content (AvgIpc) is 2.80. The molecule has 2 saturated heterocycles. The predicted octanol–water partition coefficient (Wildman–Crippen LogP) is 0.891. The molecule has 2 amide bonds. The summed E-state index contributed by atoms with van der Waals surface area (Å²) in [5, 5.41) is 18.8. The van der Waals surface area contributed by atoms with E-state index in [4.69, 9.17) is 5.11 Å². The highest BCUT2D eigenvalue weighted by atomic mass is 16.4. The van der Waals surface area contributed by atoms with Crippen LogP contribution in [0.1, 0.15) is 39.0 Å². The number of β-amino-alcohol motifs (C(OH)–C–C–N with tert-alkyl or cyclic N) is 1. The molecule has 0 aromatic carbocycles. The molecular formula is C13H22N2O4. The van der Waals surface area contributed by atoms with Gasteiger partial charge in [-0.1, -0.05) is 6.92 Å². The summed E-state index contributed by atoms with van der Waals surface area (Å²) in [6.07, 6.45) is 3.36. The molecule has 2 rings (SSSR count). The minimum absolute atomic E-state index is 0.128. The zero-order valence-corrected chi connectivity index (χ0v) is 11.3. The normalized spacial score (nSPS) is 31.6. The number of urea groups is 1. The quantitative estimate of drug-likeness (QED) is 0.781. The fourth-order valence-electron chi connectivity index (χ4n) is 3.10. The van der Waals surface area contributed by atoms with Gasteiger partial charge in [-0.25, -0.2) is 9.59 Å². The van der Waals surface area contributed by atoms with E-state index in [9.17, 15) is 14.7 Å². The van der Waals surface area contributed by atoms with Crippen LogP contribution in [0.3, 0.4) is 0 Å². The lowest BCUT2D eigenvalue weighted by Gasteiger charge is -2.38. The number of amides is 2. The van der Waals surface area contributed by atoms with Gasteiger partial charge in [-0.3, -0.25) is 0 Å². The zero-order valence-electron chi connectivity index (χ0n) is 11.3. The highest BCUT2D eigenvalue weighted by molar-refractivity contribution is 5.83. The molecule has 0 radical (unpaired) electrons. The van der Waals surface area contributed by atoms with Crippen molar-refractivity contribution in [2.24, 2.45) is 0 Å². The Bertz CT molecular complexity index is 361. The molecule has 108 valence electrons. The second-order valence-corrected chi connectivity index (χ2v) is 5.43. The number of aliphatic hydroxyl groups excluding tert-OH is 1. The van der Waals surface area contributed by atoms with Crippen molar-refractivity contribution >= 4 is 12.0 Å². The molecule has 0 aromatic rings. The van der Waals surface area contributed by atoms with Crippen LogP contribution >= 0.6 is 0 Å². The van der Waals surface area contributed by atoms with Gasteiger partial charge in [0.05, 0.1) is 6.10 Å². The molecule has 2 N–H and O–H groups in total. The number of piperidine rings is 1. The highest BCUT2D eigenvalue weighted by Crippen LogP contribution is 2.25. The van der Waals surface area contributed by atoms with Gasteiger partial charge in [0.15, 0.2) is 0 Å². The van der Waals surface area contributed by atoms with E-state index in [2.05, 4.69) is 0 Å². The first-order valence-electron chi connectivity index (χ1n) is 7.02. The summed E-state index contributed by atoms with van der Waals surface area (Å²) in [6.45, 7) is 2.86. The maximum atomic E-state index is 12.5. The van der Waals surface area contributed by atoms with Crippen LogP contribution in [0.15, 0.2) is 0 Å². The van der Waals surface area contributed by atoms with Crippen molar-refractivity contribution in [2.75, 3.05) is 13.1 Å². The Balaban J connectivity index is 2.11. The third kappa shape index (κ3) is 2.83. The molecule has 0 spiro atoms. The van der Waals surface area contributed by atoms with Crippen LogP contribution in [-0.2, 0) is 4.79 Å². The third-order valence-electron chi connectivity index (χ3n) is 4.15. The van der Waals surface area contributed by atoms with E-state index in [-0.39, 0.29) is 25.0 Å². The Morgan fingerprint density at radius 3 is 2.63 bits per heavy atom. The van der Waals surface area contributed by atoms with Crippen LogP contribution in [0.2, 0.25) is 0 Å². The lowest BCUT2D eigenvalue weighted by atomic mass is 10.0. The molecule has 2 aliphatic heterocycles. The lowest BCUT2D eigenvalue weighted by Crippen LogP contribution is -2.53. The van der Waals surface area contributed by atoms with Crippen LogP contribution in [0.25, 0.3) is 0 Å². The van der Waals surface area contributed by atoms with Crippen molar-refractivity contribution in [1.29, 1.82) is 0 Å². The average molecular weight is 270 g/mol. The van der Waals surface area contributed by atoms with Crippen molar-refractivity contribution in [1.82, 2.24) is 9.80 Å². The predicted molar refractivity (Wildman–Crippen MR) is 68.8 cm³/mol. The number of hydrogen-bond donors (Lipinski definition) is 2. The Morgan fingerprint density at radius 2 is 2.00 bits per heavy atom. The summed E-state index contributed by atoms with van der Waals surface area (Å²) < 4.78 is 0. The van der Waals surface area contributed by atoms with E-state index < -0.39 is 18.1 Å². The van der Waals surface area contributed by atoms with Crippen molar-refractivity contribution < 1.29 is 19.8 Å². The largest absolute Gasteiger partial charge is 0.480 e. The first kappa shape index (κ1) is 14.1.